The fourth-order valence-electron chi connectivity index (χ4n) is 2.78. The van der Waals surface area contributed by atoms with E-state index in [-0.39, 0.29) is 16.7 Å². The second-order valence-electron chi connectivity index (χ2n) is 6.14. The lowest BCUT2D eigenvalue weighted by molar-refractivity contribution is -0.137. The first kappa shape index (κ1) is 19.2. The highest BCUT2D eigenvalue weighted by Crippen LogP contribution is 2.36. The van der Waals surface area contributed by atoms with Crippen molar-refractivity contribution in [2.75, 3.05) is 36.4 Å². The number of hydrogen-bond acceptors (Lipinski definition) is 5. The van der Waals surface area contributed by atoms with Crippen molar-refractivity contribution >= 4 is 35.5 Å². The van der Waals surface area contributed by atoms with Crippen molar-refractivity contribution in [1.82, 2.24) is 14.9 Å². The van der Waals surface area contributed by atoms with E-state index >= 15 is 0 Å². The molecular weight excluding hydrogens is 383 g/mol. The van der Waals surface area contributed by atoms with Crippen molar-refractivity contribution in [1.29, 1.82) is 0 Å². The number of carbonyl (C=O) groups is 1. The normalized spacial score (nSPS) is 15.0. The minimum Gasteiger partial charge on any atom is -0.353 e. The SMILES string of the molecule is Cc1cc(N2CCN(C=O)CC2)nc(Nc2ccc(Cl)c(C(F)(F)F)c2)n1. The molecule has 2 aromatic rings. The number of benzene rings is 1. The largest absolute Gasteiger partial charge is 0.417 e. The highest BCUT2D eigenvalue weighted by atomic mass is 35.5. The molecule has 1 aromatic carbocycles. The summed E-state index contributed by atoms with van der Waals surface area (Å²) < 4.78 is 39.1. The van der Waals surface area contributed by atoms with Crippen molar-refractivity contribution in [3.63, 3.8) is 0 Å². The van der Waals surface area contributed by atoms with Gasteiger partial charge in [0, 0.05) is 43.6 Å². The molecule has 10 heteroatoms. The molecule has 1 saturated heterocycles. The van der Waals surface area contributed by atoms with Crippen LogP contribution in [0.25, 0.3) is 0 Å². The van der Waals surface area contributed by atoms with Gasteiger partial charge < -0.3 is 15.1 Å². The maximum absolute atomic E-state index is 13.0. The Morgan fingerprint density at radius 2 is 1.85 bits per heavy atom. The van der Waals surface area contributed by atoms with Crippen LogP contribution < -0.4 is 10.2 Å². The van der Waals surface area contributed by atoms with Crippen molar-refractivity contribution in [3.8, 4) is 0 Å². The Kier molecular flexibility index (Phi) is 5.41. The lowest BCUT2D eigenvalue weighted by Gasteiger charge is -2.33. The molecule has 1 aliphatic rings. The van der Waals surface area contributed by atoms with Gasteiger partial charge in [-0.1, -0.05) is 11.6 Å². The molecule has 1 fully saturated rings. The van der Waals surface area contributed by atoms with E-state index in [0.717, 1.165) is 12.5 Å². The number of amides is 1. The van der Waals surface area contributed by atoms with Crippen LogP contribution in [-0.2, 0) is 11.0 Å². The van der Waals surface area contributed by atoms with Crippen LogP contribution in [0.3, 0.4) is 0 Å². The standard InChI is InChI=1S/C17H17ClF3N5O/c1-11-8-15(26-6-4-25(10-27)5-7-26)24-16(22-11)23-12-2-3-14(18)13(9-12)17(19,20)21/h2-3,8-10H,4-7H2,1H3,(H,22,23,24). The van der Waals surface area contributed by atoms with Crippen LogP contribution in [-0.4, -0.2) is 47.5 Å². The first-order valence-corrected chi connectivity index (χ1v) is 8.58. The van der Waals surface area contributed by atoms with E-state index in [1.54, 1.807) is 17.9 Å². The van der Waals surface area contributed by atoms with E-state index in [1.165, 1.54) is 12.1 Å². The second kappa shape index (κ2) is 7.59. The van der Waals surface area contributed by atoms with Gasteiger partial charge in [-0.05, 0) is 25.1 Å². The fraction of sp³-hybridized carbons (Fsp3) is 0.353. The molecule has 0 aliphatic carbocycles. The minimum atomic E-state index is -4.55. The van der Waals surface area contributed by atoms with Gasteiger partial charge in [0.15, 0.2) is 0 Å². The smallest absolute Gasteiger partial charge is 0.353 e. The molecule has 27 heavy (non-hydrogen) atoms. The molecule has 3 rings (SSSR count). The van der Waals surface area contributed by atoms with Crippen LogP contribution in [0.5, 0.6) is 0 Å². The average molecular weight is 400 g/mol. The van der Waals surface area contributed by atoms with E-state index in [0.29, 0.717) is 37.7 Å². The van der Waals surface area contributed by atoms with Gasteiger partial charge in [0.05, 0.1) is 10.6 Å². The Bertz CT molecular complexity index is 838. The predicted octanol–water partition coefficient (Wildman–Crippen LogP) is 3.48. The number of carbonyl (C=O) groups excluding carboxylic acids is 1. The zero-order valence-corrected chi connectivity index (χ0v) is 15.2. The second-order valence-corrected chi connectivity index (χ2v) is 6.54. The number of nitrogens with zero attached hydrogens (tertiary/aromatic N) is 4. The molecule has 0 saturated carbocycles. The maximum atomic E-state index is 13.0. The molecule has 0 spiro atoms. The average Bonchev–Trinajstić information content (AvgIpc) is 2.62. The Morgan fingerprint density at radius 3 is 2.48 bits per heavy atom. The zero-order chi connectivity index (χ0) is 19.6. The number of aromatic nitrogens is 2. The number of nitrogens with one attached hydrogen (secondary N) is 1. The topological polar surface area (TPSA) is 61.4 Å². The molecule has 1 N–H and O–H groups in total. The first-order valence-electron chi connectivity index (χ1n) is 8.20. The van der Waals surface area contributed by atoms with E-state index in [2.05, 4.69) is 15.3 Å². The van der Waals surface area contributed by atoms with Crippen LogP contribution in [0.2, 0.25) is 5.02 Å². The van der Waals surface area contributed by atoms with Crippen LogP contribution >= 0.6 is 11.6 Å². The molecule has 0 atom stereocenters. The molecule has 1 aromatic heterocycles. The van der Waals surface area contributed by atoms with Gasteiger partial charge in [-0.15, -0.1) is 0 Å². The molecule has 6 nitrogen and oxygen atoms in total. The lowest BCUT2D eigenvalue weighted by atomic mass is 10.2. The number of piperazine rings is 1. The van der Waals surface area contributed by atoms with Gasteiger partial charge in [0.1, 0.15) is 5.82 Å². The molecule has 144 valence electrons. The summed E-state index contributed by atoms with van der Waals surface area (Å²) in [6.07, 6.45) is -3.74. The van der Waals surface area contributed by atoms with Crippen molar-refractivity contribution in [3.05, 3.63) is 40.5 Å². The van der Waals surface area contributed by atoms with Gasteiger partial charge in [-0.25, -0.2) is 4.98 Å². The highest BCUT2D eigenvalue weighted by molar-refractivity contribution is 6.31. The summed E-state index contributed by atoms with van der Waals surface area (Å²) >= 11 is 5.65. The summed E-state index contributed by atoms with van der Waals surface area (Å²) in [5.74, 6) is 0.846. The summed E-state index contributed by atoms with van der Waals surface area (Å²) in [5, 5.41) is 2.44. The summed E-state index contributed by atoms with van der Waals surface area (Å²) in [6.45, 7) is 4.19. The van der Waals surface area contributed by atoms with E-state index in [1.807, 2.05) is 4.90 Å². The molecule has 2 heterocycles. The third-order valence-corrected chi connectivity index (χ3v) is 4.49. The quantitative estimate of drug-likeness (QED) is 0.797. The van der Waals surface area contributed by atoms with Gasteiger partial charge >= 0.3 is 6.18 Å². The minimum absolute atomic E-state index is 0.189. The Hall–Kier alpha value is -2.55. The number of aryl methyl sites for hydroxylation is 1. The highest BCUT2D eigenvalue weighted by Gasteiger charge is 2.33. The molecular formula is C17H17ClF3N5O. The Morgan fingerprint density at radius 1 is 1.15 bits per heavy atom. The van der Waals surface area contributed by atoms with Crippen molar-refractivity contribution < 1.29 is 18.0 Å². The van der Waals surface area contributed by atoms with E-state index in [9.17, 15) is 18.0 Å². The number of halogens is 4. The number of alkyl halides is 3. The summed E-state index contributed by atoms with van der Waals surface area (Å²) in [6, 6.07) is 5.34. The predicted molar refractivity (Wildman–Crippen MR) is 96.4 cm³/mol. The third kappa shape index (κ3) is 4.60. The number of anilines is 3. The van der Waals surface area contributed by atoms with Crippen LogP contribution in [0.15, 0.2) is 24.3 Å². The maximum Gasteiger partial charge on any atom is 0.417 e. The lowest BCUT2D eigenvalue weighted by Crippen LogP contribution is -2.46. The van der Waals surface area contributed by atoms with E-state index in [4.69, 9.17) is 11.6 Å². The van der Waals surface area contributed by atoms with Crippen molar-refractivity contribution in [2.24, 2.45) is 0 Å². The number of hydrogen-bond donors (Lipinski definition) is 1. The Labute approximate surface area is 159 Å². The summed E-state index contributed by atoms with van der Waals surface area (Å²) in [4.78, 5) is 23.1. The molecule has 1 amide bonds. The third-order valence-electron chi connectivity index (χ3n) is 4.16. The molecule has 0 bridgehead atoms. The molecule has 1 aliphatic heterocycles. The van der Waals surface area contributed by atoms with Crippen LogP contribution in [0.1, 0.15) is 11.3 Å². The first-order chi connectivity index (χ1) is 12.8. The van der Waals surface area contributed by atoms with Gasteiger partial charge in [-0.2, -0.15) is 18.2 Å². The Balaban J connectivity index is 1.82. The molecule has 0 unspecified atom stereocenters. The van der Waals surface area contributed by atoms with E-state index < -0.39 is 11.7 Å². The molecule has 0 radical (unpaired) electrons. The van der Waals surface area contributed by atoms with Crippen molar-refractivity contribution in [2.45, 2.75) is 13.1 Å². The van der Waals surface area contributed by atoms with Gasteiger partial charge in [-0.3, -0.25) is 4.79 Å². The summed E-state index contributed by atoms with van der Waals surface area (Å²) in [7, 11) is 0. The van der Waals surface area contributed by atoms with Gasteiger partial charge in [0.25, 0.3) is 0 Å². The monoisotopic (exact) mass is 399 g/mol. The van der Waals surface area contributed by atoms with Gasteiger partial charge in [0.2, 0.25) is 12.4 Å². The van der Waals surface area contributed by atoms with Crippen LogP contribution in [0.4, 0.5) is 30.6 Å². The fourth-order valence-corrected chi connectivity index (χ4v) is 3.00. The zero-order valence-electron chi connectivity index (χ0n) is 14.4. The summed E-state index contributed by atoms with van der Waals surface area (Å²) in [5.41, 5.74) is -0.0635. The van der Waals surface area contributed by atoms with Crippen LogP contribution in [0, 0.1) is 6.92 Å². The number of rotatable bonds is 4.